The lowest BCUT2D eigenvalue weighted by Gasteiger charge is -2.36. The SMILES string of the molecule is O=C1c2c(O)cccc2C(O)(c2ccccc2)c2cccc(O)c21. The molecule has 4 nitrogen and oxygen atoms in total. The fourth-order valence-electron chi connectivity index (χ4n) is 3.42. The van der Waals surface area contributed by atoms with Crippen LogP contribution in [0.25, 0.3) is 0 Å². The number of carbonyl (C=O) groups excluding carboxylic acids is 1. The maximum atomic E-state index is 12.8. The van der Waals surface area contributed by atoms with E-state index in [0.29, 0.717) is 16.7 Å². The van der Waals surface area contributed by atoms with Crippen molar-refractivity contribution >= 4 is 5.78 Å². The molecule has 0 unspecified atom stereocenters. The minimum atomic E-state index is -1.64. The lowest BCUT2D eigenvalue weighted by atomic mass is 9.70. The number of fused-ring (bicyclic) bond motifs is 2. The Morgan fingerprint density at radius 1 is 0.667 bits per heavy atom. The van der Waals surface area contributed by atoms with Gasteiger partial charge in [-0.25, -0.2) is 0 Å². The van der Waals surface area contributed by atoms with Gasteiger partial charge >= 0.3 is 0 Å². The van der Waals surface area contributed by atoms with Gasteiger partial charge in [0.15, 0.2) is 0 Å². The Bertz CT molecular complexity index is 905. The molecule has 0 fully saturated rings. The molecule has 4 heteroatoms. The Morgan fingerprint density at radius 3 is 1.67 bits per heavy atom. The zero-order valence-electron chi connectivity index (χ0n) is 12.6. The van der Waals surface area contributed by atoms with Crippen molar-refractivity contribution in [3.63, 3.8) is 0 Å². The van der Waals surface area contributed by atoms with Crippen molar-refractivity contribution in [2.45, 2.75) is 5.60 Å². The highest BCUT2D eigenvalue weighted by Gasteiger charge is 2.45. The van der Waals surface area contributed by atoms with Gasteiger partial charge in [0.25, 0.3) is 0 Å². The summed E-state index contributed by atoms with van der Waals surface area (Å²) in [6.45, 7) is 0. The van der Waals surface area contributed by atoms with Crippen LogP contribution in [-0.2, 0) is 5.60 Å². The van der Waals surface area contributed by atoms with Crippen LogP contribution in [0.4, 0.5) is 0 Å². The maximum absolute atomic E-state index is 12.8. The molecule has 3 aromatic carbocycles. The van der Waals surface area contributed by atoms with Crippen molar-refractivity contribution in [2.24, 2.45) is 0 Å². The molecule has 3 aromatic rings. The molecule has 0 aromatic heterocycles. The van der Waals surface area contributed by atoms with Crippen LogP contribution in [0.2, 0.25) is 0 Å². The number of aliphatic hydroxyl groups is 1. The van der Waals surface area contributed by atoms with Gasteiger partial charge in [-0.1, -0.05) is 54.6 Å². The third kappa shape index (κ3) is 1.74. The van der Waals surface area contributed by atoms with Crippen molar-refractivity contribution in [3.05, 3.63) is 94.5 Å². The van der Waals surface area contributed by atoms with E-state index >= 15 is 0 Å². The van der Waals surface area contributed by atoms with E-state index < -0.39 is 11.4 Å². The number of phenols is 2. The Kier molecular flexibility index (Phi) is 2.98. The van der Waals surface area contributed by atoms with Gasteiger partial charge in [0, 0.05) is 11.1 Å². The first-order valence-electron chi connectivity index (χ1n) is 7.52. The highest BCUT2D eigenvalue weighted by atomic mass is 16.3. The topological polar surface area (TPSA) is 77.8 Å². The van der Waals surface area contributed by atoms with Crippen molar-refractivity contribution in [1.29, 1.82) is 0 Å². The Balaban J connectivity index is 2.17. The predicted octanol–water partition coefficient (Wildman–Crippen LogP) is 2.93. The summed E-state index contributed by atoms with van der Waals surface area (Å²) in [5, 5.41) is 32.1. The second-order valence-electron chi connectivity index (χ2n) is 5.80. The van der Waals surface area contributed by atoms with Crippen molar-refractivity contribution in [2.75, 3.05) is 0 Å². The molecular formula is C20H14O4. The van der Waals surface area contributed by atoms with Crippen LogP contribution in [0, 0.1) is 0 Å². The molecule has 0 saturated heterocycles. The predicted molar refractivity (Wildman–Crippen MR) is 88.2 cm³/mol. The second kappa shape index (κ2) is 4.94. The molecule has 0 heterocycles. The smallest absolute Gasteiger partial charge is 0.201 e. The van der Waals surface area contributed by atoms with Gasteiger partial charge in [0.1, 0.15) is 17.1 Å². The molecule has 1 aliphatic rings. The van der Waals surface area contributed by atoms with Crippen LogP contribution in [0.1, 0.15) is 32.6 Å². The van der Waals surface area contributed by atoms with E-state index in [2.05, 4.69) is 0 Å². The first-order valence-corrected chi connectivity index (χ1v) is 7.52. The molecule has 0 amide bonds. The van der Waals surface area contributed by atoms with Crippen LogP contribution in [-0.4, -0.2) is 21.1 Å². The summed E-state index contributed by atoms with van der Waals surface area (Å²) in [4.78, 5) is 12.8. The fraction of sp³-hybridized carbons (Fsp3) is 0.0500. The van der Waals surface area contributed by atoms with Crippen LogP contribution in [0.3, 0.4) is 0 Å². The molecule has 0 saturated carbocycles. The standard InChI is InChI=1S/C20H14O4/c21-15-10-4-8-13-17(15)19(23)18-14(9-5-11-16(18)22)20(13,24)12-6-2-1-3-7-12/h1-11,21-22,24H. The highest BCUT2D eigenvalue weighted by Crippen LogP contribution is 2.48. The van der Waals surface area contributed by atoms with Crippen molar-refractivity contribution in [1.82, 2.24) is 0 Å². The largest absolute Gasteiger partial charge is 0.507 e. The number of ketones is 1. The van der Waals surface area contributed by atoms with Crippen LogP contribution in [0.5, 0.6) is 11.5 Å². The molecule has 0 spiro atoms. The van der Waals surface area contributed by atoms with E-state index in [0.717, 1.165) is 0 Å². The van der Waals surface area contributed by atoms with E-state index in [1.807, 2.05) is 6.07 Å². The number of benzene rings is 3. The quantitative estimate of drug-likeness (QED) is 0.645. The van der Waals surface area contributed by atoms with Crippen LogP contribution < -0.4 is 0 Å². The average Bonchev–Trinajstić information content (AvgIpc) is 2.60. The molecule has 118 valence electrons. The summed E-state index contributed by atoms with van der Waals surface area (Å²) in [5.41, 5.74) is -0.461. The number of rotatable bonds is 1. The first kappa shape index (κ1) is 14.5. The van der Waals surface area contributed by atoms with Gasteiger partial charge in [-0.15, -0.1) is 0 Å². The monoisotopic (exact) mass is 318 g/mol. The van der Waals surface area contributed by atoms with Crippen LogP contribution in [0.15, 0.2) is 66.7 Å². The van der Waals surface area contributed by atoms with Gasteiger partial charge in [0.05, 0.1) is 11.1 Å². The Labute approximate surface area is 138 Å². The average molecular weight is 318 g/mol. The van der Waals surface area contributed by atoms with E-state index in [-0.39, 0.29) is 22.6 Å². The fourth-order valence-corrected chi connectivity index (χ4v) is 3.42. The van der Waals surface area contributed by atoms with Gasteiger partial charge in [-0.2, -0.15) is 0 Å². The third-order valence-electron chi connectivity index (χ3n) is 4.51. The molecule has 0 bridgehead atoms. The van der Waals surface area contributed by atoms with Gasteiger partial charge in [-0.3, -0.25) is 4.79 Å². The molecule has 4 rings (SSSR count). The second-order valence-corrected chi connectivity index (χ2v) is 5.80. The van der Waals surface area contributed by atoms with Crippen molar-refractivity contribution in [3.8, 4) is 11.5 Å². The summed E-state index contributed by atoms with van der Waals surface area (Å²) in [6, 6.07) is 18.1. The maximum Gasteiger partial charge on any atom is 0.201 e. The molecule has 3 N–H and O–H groups in total. The van der Waals surface area contributed by atoms with Gasteiger partial charge in [0.2, 0.25) is 5.78 Å². The Hall–Kier alpha value is -3.11. The highest BCUT2D eigenvalue weighted by molar-refractivity contribution is 6.16. The summed E-state index contributed by atoms with van der Waals surface area (Å²) >= 11 is 0. The minimum absolute atomic E-state index is 0.0119. The summed E-state index contributed by atoms with van der Waals surface area (Å²) in [6.07, 6.45) is 0. The van der Waals surface area contributed by atoms with E-state index in [4.69, 9.17) is 0 Å². The third-order valence-corrected chi connectivity index (χ3v) is 4.51. The van der Waals surface area contributed by atoms with E-state index in [1.54, 1.807) is 48.5 Å². The zero-order chi connectivity index (χ0) is 16.9. The number of aromatic hydroxyl groups is 2. The molecule has 1 aliphatic carbocycles. The number of carbonyl (C=O) groups is 1. The van der Waals surface area contributed by atoms with Crippen molar-refractivity contribution < 1.29 is 20.1 Å². The Morgan fingerprint density at radius 2 is 1.17 bits per heavy atom. The molecule has 0 aliphatic heterocycles. The molecular weight excluding hydrogens is 304 g/mol. The van der Waals surface area contributed by atoms with Crippen LogP contribution >= 0.6 is 0 Å². The van der Waals surface area contributed by atoms with E-state index in [1.165, 1.54) is 12.1 Å². The zero-order valence-corrected chi connectivity index (χ0v) is 12.6. The number of phenolic OH excluding ortho intramolecular Hbond substituents is 2. The normalized spacial score (nSPS) is 14.8. The van der Waals surface area contributed by atoms with E-state index in [9.17, 15) is 20.1 Å². The molecule has 0 radical (unpaired) electrons. The lowest BCUT2D eigenvalue weighted by molar-refractivity contribution is 0.0940. The first-order chi connectivity index (χ1) is 11.5. The summed E-state index contributed by atoms with van der Waals surface area (Å²) in [5.74, 6) is -0.946. The molecule has 24 heavy (non-hydrogen) atoms. The van der Waals surface area contributed by atoms with Gasteiger partial charge in [-0.05, 0) is 17.7 Å². The summed E-state index contributed by atoms with van der Waals surface area (Å²) in [7, 11) is 0. The molecule has 0 atom stereocenters. The minimum Gasteiger partial charge on any atom is -0.507 e. The lowest BCUT2D eigenvalue weighted by Crippen LogP contribution is -2.36. The summed E-state index contributed by atoms with van der Waals surface area (Å²) < 4.78 is 0. The van der Waals surface area contributed by atoms with Gasteiger partial charge < -0.3 is 15.3 Å². The number of hydrogen-bond acceptors (Lipinski definition) is 4. The number of hydrogen-bond donors (Lipinski definition) is 3.